The van der Waals surface area contributed by atoms with Gasteiger partial charge in [0, 0.05) is 75.2 Å². The number of hydrogen-bond donors (Lipinski definition) is 2. The second-order valence-electron chi connectivity index (χ2n) is 13.8. The molecule has 10 aromatic rings. The Morgan fingerprint density at radius 3 is 1.57 bits per heavy atom. The predicted molar refractivity (Wildman–Crippen MR) is 206 cm³/mol. The Balaban J connectivity index is 1.49. The fourth-order valence-electron chi connectivity index (χ4n) is 9.42. The number of hydrogen-bond acceptors (Lipinski definition) is 2. The summed E-state index contributed by atoms with van der Waals surface area (Å²) in [4.78, 5) is 34.7. The molecule has 0 amide bonds. The maximum Gasteiger partial charge on any atom is 0.227 e. The van der Waals surface area contributed by atoms with Crippen LogP contribution in [0.5, 0.6) is 0 Å². The molecule has 4 heterocycles. The topological polar surface area (TPSA) is 75.6 Å². The van der Waals surface area contributed by atoms with Crippen LogP contribution in [0.3, 0.4) is 0 Å². The van der Waals surface area contributed by atoms with Crippen molar-refractivity contribution in [2.75, 3.05) is 0 Å². The lowest BCUT2D eigenvalue weighted by molar-refractivity contribution is 0.0933. The molecule has 1 aliphatic carbocycles. The van der Waals surface area contributed by atoms with Gasteiger partial charge < -0.3 is 9.97 Å². The van der Waals surface area contributed by atoms with Gasteiger partial charge in [-0.2, -0.15) is 0 Å². The van der Waals surface area contributed by atoms with E-state index in [1.165, 1.54) is 0 Å². The van der Waals surface area contributed by atoms with Crippen molar-refractivity contribution < 1.29 is 9.59 Å². The molecule has 0 atom stereocenters. The quantitative estimate of drug-likeness (QED) is 0.194. The number of carbonyl (C=O) groups excluding carboxylic acids is 2. The first-order chi connectivity index (χ1) is 25.0. The maximum absolute atomic E-state index is 13.4. The Morgan fingerprint density at radius 1 is 0.510 bits per heavy atom. The second kappa shape index (κ2) is 9.73. The van der Waals surface area contributed by atoms with Gasteiger partial charge in [0.1, 0.15) is 0 Å². The van der Waals surface area contributed by atoms with E-state index in [2.05, 4.69) is 107 Å². The van der Waals surface area contributed by atoms with E-state index in [4.69, 9.17) is 0 Å². The number of H-pyrrole nitrogens is 2. The monoisotopic (exact) mass is 658 g/mol. The number of aromatic nitrogens is 4. The Kier molecular flexibility index (Phi) is 5.38. The summed E-state index contributed by atoms with van der Waals surface area (Å²) in [6.45, 7) is 3.24. The third kappa shape index (κ3) is 3.37. The molecular formula is C45H30N4O2. The lowest BCUT2D eigenvalue weighted by atomic mass is 9.66. The number of nitrogens with one attached hydrogen (secondary N) is 2. The number of para-hydroxylation sites is 4. The highest BCUT2D eigenvalue weighted by atomic mass is 16.2. The summed E-state index contributed by atoms with van der Waals surface area (Å²) >= 11 is 0. The van der Waals surface area contributed by atoms with Gasteiger partial charge in [-0.1, -0.05) is 97.1 Å². The summed E-state index contributed by atoms with van der Waals surface area (Å²) < 4.78 is 3.57. The van der Waals surface area contributed by atoms with Gasteiger partial charge in [-0.25, -0.2) is 0 Å². The van der Waals surface area contributed by atoms with E-state index in [9.17, 15) is 9.59 Å². The summed E-state index contributed by atoms with van der Waals surface area (Å²) in [5, 5.41) is 6.54. The van der Waals surface area contributed by atoms with Crippen LogP contribution in [0.2, 0.25) is 0 Å². The summed E-state index contributed by atoms with van der Waals surface area (Å²) in [7, 11) is 0. The summed E-state index contributed by atoms with van der Waals surface area (Å²) in [5.41, 5.74) is 11.5. The Labute approximate surface area is 291 Å². The number of rotatable bonds is 2. The number of aromatic amines is 2. The summed E-state index contributed by atoms with van der Waals surface area (Å²) in [5.74, 6) is -0.123. The zero-order valence-electron chi connectivity index (χ0n) is 27.9. The molecule has 0 aliphatic heterocycles. The van der Waals surface area contributed by atoms with E-state index in [1.54, 1.807) is 23.0 Å². The number of fused-ring (bicyclic) bond motifs is 14. The summed E-state index contributed by atoms with van der Waals surface area (Å²) in [6, 6.07) is 42.1. The number of benzene rings is 6. The molecule has 6 nitrogen and oxygen atoms in total. The second-order valence-corrected chi connectivity index (χ2v) is 13.8. The molecule has 242 valence electrons. The molecule has 0 saturated heterocycles. The minimum absolute atomic E-state index is 0.0615. The Hall–Kier alpha value is -6.66. The van der Waals surface area contributed by atoms with Crippen LogP contribution in [0.15, 0.2) is 134 Å². The fraction of sp³-hybridized carbons (Fsp3) is 0.0667. The van der Waals surface area contributed by atoms with Crippen LogP contribution in [0.4, 0.5) is 0 Å². The van der Waals surface area contributed by atoms with E-state index >= 15 is 0 Å². The Bertz CT molecular complexity index is 3070. The van der Waals surface area contributed by atoms with Crippen molar-refractivity contribution in [3.63, 3.8) is 0 Å². The first-order valence-electron chi connectivity index (χ1n) is 17.3. The average Bonchev–Trinajstić information content (AvgIpc) is 3.96. The third-order valence-corrected chi connectivity index (χ3v) is 11.3. The van der Waals surface area contributed by atoms with Gasteiger partial charge in [-0.3, -0.25) is 18.7 Å². The van der Waals surface area contributed by atoms with E-state index in [1.807, 2.05) is 36.4 Å². The van der Waals surface area contributed by atoms with Crippen LogP contribution in [0.1, 0.15) is 45.7 Å². The minimum Gasteiger partial charge on any atom is -0.354 e. The van der Waals surface area contributed by atoms with Crippen molar-refractivity contribution in [3.8, 4) is 11.1 Å². The van der Waals surface area contributed by atoms with Gasteiger partial charge in [0.25, 0.3) is 0 Å². The van der Waals surface area contributed by atoms with E-state index < -0.39 is 5.41 Å². The van der Waals surface area contributed by atoms with Crippen molar-refractivity contribution in [2.45, 2.75) is 19.3 Å². The van der Waals surface area contributed by atoms with Crippen molar-refractivity contribution >= 4 is 77.2 Å². The lowest BCUT2D eigenvalue weighted by Crippen LogP contribution is -2.29. The molecule has 51 heavy (non-hydrogen) atoms. The van der Waals surface area contributed by atoms with E-state index in [-0.39, 0.29) is 11.8 Å². The molecule has 6 heteroatoms. The van der Waals surface area contributed by atoms with Crippen molar-refractivity contribution in [1.82, 2.24) is 19.1 Å². The van der Waals surface area contributed by atoms with Crippen LogP contribution in [-0.4, -0.2) is 30.9 Å². The zero-order valence-corrected chi connectivity index (χ0v) is 27.9. The molecule has 11 rings (SSSR count). The SMILES string of the molecule is CC(=O)n1cc(C2(c3cn(C(C)=O)c4ccccc34)c3ccccc3-c3c2c2c4ccccc4[nH]c2c2c3[nH]c3ccccc32)c2ccccc21. The molecule has 0 saturated carbocycles. The third-order valence-electron chi connectivity index (χ3n) is 11.3. The molecule has 0 spiro atoms. The van der Waals surface area contributed by atoms with Gasteiger partial charge in [0.2, 0.25) is 11.8 Å². The van der Waals surface area contributed by atoms with E-state index in [0.717, 1.165) is 98.8 Å². The average molecular weight is 659 g/mol. The number of nitrogens with zero attached hydrogens (tertiary/aromatic N) is 2. The highest BCUT2D eigenvalue weighted by Gasteiger charge is 2.52. The normalized spacial score (nSPS) is 13.6. The number of carbonyl (C=O) groups is 2. The molecule has 6 aromatic carbocycles. The molecular weight excluding hydrogens is 629 g/mol. The van der Waals surface area contributed by atoms with Crippen LogP contribution in [0, 0.1) is 0 Å². The maximum atomic E-state index is 13.4. The van der Waals surface area contributed by atoms with Crippen molar-refractivity contribution in [2.24, 2.45) is 0 Å². The molecule has 0 bridgehead atoms. The van der Waals surface area contributed by atoms with Crippen LogP contribution in [-0.2, 0) is 5.41 Å². The molecule has 2 N–H and O–H groups in total. The lowest BCUT2D eigenvalue weighted by Gasteiger charge is -2.33. The highest BCUT2D eigenvalue weighted by Crippen LogP contribution is 2.63. The molecule has 4 aromatic heterocycles. The predicted octanol–water partition coefficient (Wildman–Crippen LogP) is 10.5. The van der Waals surface area contributed by atoms with Crippen molar-refractivity contribution in [3.05, 3.63) is 156 Å². The first-order valence-corrected chi connectivity index (χ1v) is 17.3. The zero-order chi connectivity index (χ0) is 34.2. The van der Waals surface area contributed by atoms with Crippen LogP contribution < -0.4 is 0 Å². The fourth-order valence-corrected chi connectivity index (χ4v) is 9.42. The standard InChI is InChI=1S/C45H30N4O2/c1-25(50)48-23-33(27-13-6-11-21-37(27)48)45(34-24-49(26(2)51)38-22-12-7-14-28(34)38)32-18-8-3-15-29(32)39-42(45)40-30-16-4-9-19-35(30)46-44(40)41-31-17-5-10-20-36(31)47-43(39)41/h3-24,46-47H,1-2H3. The van der Waals surface area contributed by atoms with Crippen LogP contribution in [0.25, 0.3) is 76.5 Å². The van der Waals surface area contributed by atoms with Gasteiger partial charge >= 0.3 is 0 Å². The largest absolute Gasteiger partial charge is 0.354 e. The molecule has 0 unspecified atom stereocenters. The molecule has 1 aliphatic rings. The van der Waals surface area contributed by atoms with Gasteiger partial charge in [-0.05, 0) is 52.1 Å². The van der Waals surface area contributed by atoms with Gasteiger partial charge in [0.15, 0.2) is 0 Å². The Morgan fingerprint density at radius 2 is 0.980 bits per heavy atom. The van der Waals surface area contributed by atoms with Crippen LogP contribution >= 0.6 is 0 Å². The van der Waals surface area contributed by atoms with E-state index in [0.29, 0.717) is 0 Å². The first kappa shape index (κ1) is 28.2. The smallest absolute Gasteiger partial charge is 0.227 e. The summed E-state index contributed by atoms with van der Waals surface area (Å²) in [6.07, 6.45) is 4.10. The molecule has 0 fully saturated rings. The molecule has 0 radical (unpaired) electrons. The minimum atomic E-state index is -0.943. The van der Waals surface area contributed by atoms with Gasteiger partial charge in [0.05, 0.1) is 27.5 Å². The van der Waals surface area contributed by atoms with Crippen molar-refractivity contribution in [1.29, 1.82) is 0 Å². The van der Waals surface area contributed by atoms with Gasteiger partial charge in [-0.15, -0.1) is 0 Å². The highest BCUT2D eigenvalue weighted by molar-refractivity contribution is 6.31.